The van der Waals surface area contributed by atoms with Crippen LogP contribution in [0.2, 0.25) is 5.02 Å². The lowest BCUT2D eigenvalue weighted by Crippen LogP contribution is -2.43. The fourth-order valence-corrected chi connectivity index (χ4v) is 4.45. The normalized spacial score (nSPS) is 17.4. The summed E-state index contributed by atoms with van der Waals surface area (Å²) in [6, 6.07) is 11.6. The van der Waals surface area contributed by atoms with Crippen molar-refractivity contribution < 1.29 is 9.32 Å². The number of likely N-dealkylation sites (tertiary alicyclic amines) is 1. The summed E-state index contributed by atoms with van der Waals surface area (Å²) in [7, 11) is 1.86. The fourth-order valence-electron chi connectivity index (χ4n) is 3.67. The molecule has 0 aliphatic carbocycles. The summed E-state index contributed by atoms with van der Waals surface area (Å²) in [5, 5.41) is 6.77. The molecule has 0 N–H and O–H groups in total. The Kier molecular flexibility index (Phi) is 6.28. The van der Waals surface area contributed by atoms with Crippen molar-refractivity contribution in [3.8, 4) is 10.7 Å². The molecule has 1 aliphatic rings. The number of piperidine rings is 1. The standard InChI is InChI=1S/C21H23ClN4O2S/c1-25(12-15-6-8-17(22)9-7-15)21(27)16-4-2-10-26(13-16)14-19-23-20(24-28-19)18-5-3-11-29-18/h3,5-9,11,16H,2,4,10,12-14H2,1H3. The number of carbonyl (C=O) groups is 1. The maximum Gasteiger partial charge on any atom is 0.241 e. The Labute approximate surface area is 179 Å². The number of rotatable bonds is 6. The van der Waals surface area contributed by atoms with Crippen LogP contribution < -0.4 is 0 Å². The molecule has 1 aliphatic heterocycles. The van der Waals surface area contributed by atoms with Gasteiger partial charge in [-0.2, -0.15) is 4.98 Å². The average Bonchev–Trinajstić information content (AvgIpc) is 3.41. The molecule has 1 unspecified atom stereocenters. The number of aromatic nitrogens is 2. The smallest absolute Gasteiger partial charge is 0.241 e. The molecule has 6 nitrogen and oxygen atoms in total. The van der Waals surface area contributed by atoms with Crippen molar-refractivity contribution in [3.05, 3.63) is 58.3 Å². The van der Waals surface area contributed by atoms with Crippen LogP contribution in [-0.2, 0) is 17.9 Å². The molecule has 4 rings (SSSR count). The molecule has 0 spiro atoms. The Bertz CT molecular complexity index is 942. The number of halogens is 1. The van der Waals surface area contributed by atoms with E-state index >= 15 is 0 Å². The molecule has 1 fully saturated rings. The summed E-state index contributed by atoms with van der Waals surface area (Å²) >= 11 is 7.53. The second-order valence-electron chi connectivity index (χ2n) is 7.38. The van der Waals surface area contributed by atoms with E-state index in [1.165, 1.54) is 0 Å². The van der Waals surface area contributed by atoms with Crippen molar-refractivity contribution in [3.63, 3.8) is 0 Å². The lowest BCUT2D eigenvalue weighted by molar-refractivity contribution is -0.136. The van der Waals surface area contributed by atoms with Crippen molar-refractivity contribution in [1.82, 2.24) is 19.9 Å². The molecule has 0 bridgehead atoms. The van der Waals surface area contributed by atoms with E-state index in [1.807, 2.05) is 48.8 Å². The molecular weight excluding hydrogens is 408 g/mol. The highest BCUT2D eigenvalue weighted by Crippen LogP contribution is 2.24. The van der Waals surface area contributed by atoms with E-state index in [2.05, 4.69) is 15.0 Å². The van der Waals surface area contributed by atoms with Gasteiger partial charge in [-0.15, -0.1) is 11.3 Å². The Balaban J connectivity index is 1.34. The van der Waals surface area contributed by atoms with E-state index in [0.717, 1.165) is 29.8 Å². The zero-order valence-electron chi connectivity index (χ0n) is 16.3. The van der Waals surface area contributed by atoms with Gasteiger partial charge in [-0.3, -0.25) is 9.69 Å². The molecule has 152 valence electrons. The molecule has 3 heterocycles. The molecule has 1 saturated heterocycles. The van der Waals surface area contributed by atoms with Gasteiger partial charge in [-0.05, 0) is 48.5 Å². The van der Waals surface area contributed by atoms with Gasteiger partial charge in [-0.25, -0.2) is 0 Å². The van der Waals surface area contributed by atoms with Crippen molar-refractivity contribution in [2.45, 2.75) is 25.9 Å². The lowest BCUT2D eigenvalue weighted by atomic mass is 9.96. The number of hydrogen-bond acceptors (Lipinski definition) is 6. The first-order valence-electron chi connectivity index (χ1n) is 9.67. The summed E-state index contributed by atoms with van der Waals surface area (Å²) in [5.74, 6) is 1.38. The van der Waals surface area contributed by atoms with E-state index in [1.54, 1.807) is 16.2 Å². The molecule has 8 heteroatoms. The van der Waals surface area contributed by atoms with E-state index in [0.29, 0.717) is 36.4 Å². The molecule has 3 aromatic rings. The minimum atomic E-state index is -0.0132. The highest BCUT2D eigenvalue weighted by atomic mass is 35.5. The highest BCUT2D eigenvalue weighted by Gasteiger charge is 2.29. The van der Waals surface area contributed by atoms with Crippen LogP contribution in [0.25, 0.3) is 10.7 Å². The number of benzene rings is 1. The quantitative estimate of drug-likeness (QED) is 0.582. The van der Waals surface area contributed by atoms with Gasteiger partial charge in [0, 0.05) is 25.2 Å². The highest BCUT2D eigenvalue weighted by molar-refractivity contribution is 7.13. The molecule has 0 saturated carbocycles. The number of carbonyl (C=O) groups excluding carboxylic acids is 1. The van der Waals surface area contributed by atoms with Crippen LogP contribution in [0.4, 0.5) is 0 Å². The van der Waals surface area contributed by atoms with Gasteiger partial charge in [-0.1, -0.05) is 35.0 Å². The molecule has 29 heavy (non-hydrogen) atoms. The Morgan fingerprint density at radius 2 is 2.17 bits per heavy atom. The molecule has 1 amide bonds. The van der Waals surface area contributed by atoms with Crippen LogP contribution in [0.1, 0.15) is 24.3 Å². The van der Waals surface area contributed by atoms with Crippen LogP contribution in [-0.4, -0.2) is 46.0 Å². The van der Waals surface area contributed by atoms with Crippen molar-refractivity contribution in [2.24, 2.45) is 5.92 Å². The van der Waals surface area contributed by atoms with Gasteiger partial charge in [0.1, 0.15) is 0 Å². The second-order valence-corrected chi connectivity index (χ2v) is 8.77. The van der Waals surface area contributed by atoms with E-state index in [9.17, 15) is 4.79 Å². The predicted octanol–water partition coefficient (Wildman–Crippen LogP) is 4.32. The molecular formula is C21H23ClN4O2S. The third-order valence-corrected chi connectivity index (χ3v) is 6.25. The monoisotopic (exact) mass is 430 g/mol. The van der Waals surface area contributed by atoms with Gasteiger partial charge < -0.3 is 9.42 Å². The van der Waals surface area contributed by atoms with Crippen LogP contribution in [0.3, 0.4) is 0 Å². The van der Waals surface area contributed by atoms with E-state index in [-0.39, 0.29) is 11.8 Å². The topological polar surface area (TPSA) is 62.5 Å². The zero-order valence-corrected chi connectivity index (χ0v) is 17.8. The minimum absolute atomic E-state index is 0.0132. The van der Waals surface area contributed by atoms with Gasteiger partial charge in [0.2, 0.25) is 17.6 Å². The Morgan fingerprint density at radius 3 is 2.93 bits per heavy atom. The zero-order chi connectivity index (χ0) is 20.2. The van der Waals surface area contributed by atoms with Gasteiger partial charge >= 0.3 is 0 Å². The fraction of sp³-hybridized carbons (Fsp3) is 0.381. The summed E-state index contributed by atoms with van der Waals surface area (Å²) in [4.78, 5) is 22.5. The predicted molar refractivity (Wildman–Crippen MR) is 114 cm³/mol. The molecule has 2 aromatic heterocycles. The minimum Gasteiger partial charge on any atom is -0.341 e. The number of thiophene rings is 1. The largest absolute Gasteiger partial charge is 0.341 e. The number of amides is 1. The average molecular weight is 431 g/mol. The van der Waals surface area contributed by atoms with E-state index < -0.39 is 0 Å². The third kappa shape index (κ3) is 5.04. The first kappa shape index (κ1) is 20.1. The maximum absolute atomic E-state index is 13.0. The Hall–Kier alpha value is -2.22. The molecule has 1 aromatic carbocycles. The summed E-state index contributed by atoms with van der Waals surface area (Å²) in [6.45, 7) is 2.80. The maximum atomic E-state index is 13.0. The number of nitrogens with zero attached hydrogens (tertiary/aromatic N) is 4. The second kappa shape index (κ2) is 9.07. The SMILES string of the molecule is CN(Cc1ccc(Cl)cc1)C(=O)C1CCCN(Cc2nc(-c3cccs3)no2)C1. The lowest BCUT2D eigenvalue weighted by Gasteiger charge is -2.33. The van der Waals surface area contributed by atoms with Gasteiger partial charge in [0.15, 0.2) is 0 Å². The third-order valence-electron chi connectivity index (χ3n) is 5.13. The van der Waals surface area contributed by atoms with Crippen LogP contribution in [0, 0.1) is 5.92 Å². The Morgan fingerprint density at radius 1 is 1.34 bits per heavy atom. The molecule has 1 atom stereocenters. The van der Waals surface area contributed by atoms with Gasteiger partial charge in [0.05, 0.1) is 17.3 Å². The first-order chi connectivity index (χ1) is 14.1. The summed E-state index contributed by atoms with van der Waals surface area (Å²) < 4.78 is 5.42. The first-order valence-corrected chi connectivity index (χ1v) is 10.9. The van der Waals surface area contributed by atoms with Crippen molar-refractivity contribution in [2.75, 3.05) is 20.1 Å². The van der Waals surface area contributed by atoms with Crippen LogP contribution in [0.15, 0.2) is 46.3 Å². The molecule has 0 radical (unpaired) electrons. The van der Waals surface area contributed by atoms with Crippen LogP contribution >= 0.6 is 22.9 Å². The number of hydrogen-bond donors (Lipinski definition) is 0. The van der Waals surface area contributed by atoms with E-state index in [4.69, 9.17) is 16.1 Å². The van der Waals surface area contributed by atoms with Gasteiger partial charge in [0.25, 0.3) is 0 Å². The summed E-state index contributed by atoms with van der Waals surface area (Å²) in [5.41, 5.74) is 1.07. The van der Waals surface area contributed by atoms with Crippen molar-refractivity contribution >= 4 is 28.8 Å². The summed E-state index contributed by atoms with van der Waals surface area (Å²) in [6.07, 6.45) is 1.89. The van der Waals surface area contributed by atoms with Crippen LogP contribution in [0.5, 0.6) is 0 Å². The van der Waals surface area contributed by atoms with Crippen molar-refractivity contribution in [1.29, 1.82) is 0 Å².